The Labute approximate surface area is 141 Å². The van der Waals surface area contributed by atoms with E-state index in [4.69, 9.17) is 23.2 Å². The Balaban J connectivity index is 2.17. The van der Waals surface area contributed by atoms with Crippen LogP contribution in [0.1, 0.15) is 44.8 Å². The predicted molar refractivity (Wildman–Crippen MR) is 86.6 cm³/mol. The fourth-order valence-corrected chi connectivity index (χ4v) is 3.22. The second kappa shape index (κ2) is 6.77. The molecule has 2 aromatic rings. The van der Waals surface area contributed by atoms with Gasteiger partial charge < -0.3 is 5.32 Å². The van der Waals surface area contributed by atoms with Crippen molar-refractivity contribution in [3.8, 4) is 0 Å². The largest absolute Gasteiger partial charge is 0.345 e. The summed E-state index contributed by atoms with van der Waals surface area (Å²) in [7, 11) is 0. The van der Waals surface area contributed by atoms with E-state index < -0.39 is 11.9 Å². The van der Waals surface area contributed by atoms with E-state index >= 15 is 0 Å². The first-order chi connectivity index (χ1) is 10.3. The molecule has 1 aromatic carbocycles. The van der Waals surface area contributed by atoms with Crippen molar-refractivity contribution in [2.75, 3.05) is 0 Å². The second-order valence-corrected chi connectivity index (χ2v) is 6.60. The third-order valence-electron chi connectivity index (χ3n) is 3.03. The van der Waals surface area contributed by atoms with E-state index in [0.29, 0.717) is 15.3 Å². The molecule has 116 valence electrons. The smallest absolute Gasteiger partial charge is 0.261 e. The van der Waals surface area contributed by atoms with Gasteiger partial charge in [0.1, 0.15) is 5.82 Å². The zero-order valence-corrected chi connectivity index (χ0v) is 14.1. The molecule has 1 heterocycles. The molecule has 1 aromatic heterocycles. The fourth-order valence-electron chi connectivity index (χ4n) is 1.86. The Hall–Kier alpha value is -1.43. The second-order valence-electron chi connectivity index (χ2n) is 4.70. The van der Waals surface area contributed by atoms with Crippen molar-refractivity contribution in [3.05, 3.63) is 55.4 Å². The van der Waals surface area contributed by atoms with E-state index in [1.165, 1.54) is 19.1 Å². The van der Waals surface area contributed by atoms with Crippen LogP contribution in [0.2, 0.25) is 10.0 Å². The maximum Gasteiger partial charge on any atom is 0.261 e. The lowest BCUT2D eigenvalue weighted by Crippen LogP contribution is -2.26. The Morgan fingerprint density at radius 2 is 1.82 bits per heavy atom. The topological polar surface area (TPSA) is 46.2 Å². The molecule has 3 nitrogen and oxygen atoms in total. The minimum atomic E-state index is -0.600. The lowest BCUT2D eigenvalue weighted by Gasteiger charge is -2.15. The van der Waals surface area contributed by atoms with Gasteiger partial charge in [0, 0.05) is 5.02 Å². The molecule has 0 unspecified atom stereocenters. The van der Waals surface area contributed by atoms with Crippen molar-refractivity contribution >= 4 is 46.2 Å². The lowest BCUT2D eigenvalue weighted by atomic mass is 10.1. The standard InChI is InChI=1S/C15H12Cl2FNO2S/c1-7(9-5-12(18)11(17)6-10(9)16)19-15(21)14-4-3-13(22-14)8(2)20/h3-7H,1-2H3,(H,19,21)/t7-/m0/s1. The normalized spacial score (nSPS) is 12.0. The molecule has 2 rings (SSSR count). The van der Waals surface area contributed by atoms with Crippen molar-refractivity contribution in [3.63, 3.8) is 0 Å². The van der Waals surface area contributed by atoms with Crippen molar-refractivity contribution in [1.82, 2.24) is 5.32 Å². The number of carbonyl (C=O) groups is 2. The van der Waals surface area contributed by atoms with Gasteiger partial charge in [0.2, 0.25) is 0 Å². The van der Waals surface area contributed by atoms with E-state index in [0.717, 1.165) is 11.3 Å². The van der Waals surface area contributed by atoms with Gasteiger partial charge in [-0.05, 0) is 43.7 Å². The van der Waals surface area contributed by atoms with Crippen LogP contribution in [0, 0.1) is 5.82 Å². The maximum atomic E-state index is 13.5. The van der Waals surface area contributed by atoms with Crippen LogP contribution in [-0.2, 0) is 0 Å². The molecule has 0 aliphatic rings. The Kier molecular flexibility index (Phi) is 5.21. The third kappa shape index (κ3) is 3.66. The Morgan fingerprint density at radius 1 is 1.18 bits per heavy atom. The molecule has 1 N–H and O–H groups in total. The number of nitrogens with one attached hydrogen (secondary N) is 1. The number of rotatable bonds is 4. The van der Waals surface area contributed by atoms with E-state index in [9.17, 15) is 14.0 Å². The quantitative estimate of drug-likeness (QED) is 0.624. The van der Waals surface area contributed by atoms with E-state index in [1.54, 1.807) is 19.1 Å². The summed E-state index contributed by atoms with van der Waals surface area (Å²) in [6, 6.07) is 5.17. The molecule has 0 aliphatic heterocycles. The maximum absolute atomic E-state index is 13.5. The first kappa shape index (κ1) is 16.9. The molecule has 0 aliphatic carbocycles. The molecular formula is C15H12Cl2FNO2S. The Bertz CT molecular complexity index is 745. The van der Waals surface area contributed by atoms with E-state index in [1.807, 2.05) is 0 Å². The summed E-state index contributed by atoms with van der Waals surface area (Å²) in [5.41, 5.74) is 0.431. The number of ketones is 1. The predicted octanol–water partition coefficient (Wildman–Crippen LogP) is 4.89. The summed E-state index contributed by atoms with van der Waals surface area (Å²) in [4.78, 5) is 24.3. The van der Waals surface area contributed by atoms with Gasteiger partial charge in [-0.2, -0.15) is 0 Å². The summed E-state index contributed by atoms with van der Waals surface area (Å²) in [5.74, 6) is -1.05. The molecule has 1 amide bonds. The summed E-state index contributed by atoms with van der Waals surface area (Å²) in [6.07, 6.45) is 0. The number of thiophene rings is 1. The number of halogens is 3. The minimum absolute atomic E-state index is 0.0726. The number of hydrogen-bond donors (Lipinski definition) is 1. The first-order valence-corrected chi connectivity index (χ1v) is 7.93. The lowest BCUT2D eigenvalue weighted by molar-refractivity contribution is 0.0943. The molecule has 0 fully saturated rings. The van der Waals surface area contributed by atoms with Crippen molar-refractivity contribution in [1.29, 1.82) is 0 Å². The molecule has 0 bridgehead atoms. The van der Waals surface area contributed by atoms with Crippen LogP contribution in [0.5, 0.6) is 0 Å². The van der Waals surface area contributed by atoms with Crippen LogP contribution >= 0.6 is 34.5 Å². The van der Waals surface area contributed by atoms with E-state index in [2.05, 4.69) is 5.32 Å². The fraction of sp³-hybridized carbons (Fsp3) is 0.200. The molecular weight excluding hydrogens is 348 g/mol. The first-order valence-electron chi connectivity index (χ1n) is 6.35. The summed E-state index contributed by atoms with van der Waals surface area (Å²) >= 11 is 12.8. The van der Waals surface area contributed by atoms with Crippen LogP contribution < -0.4 is 5.32 Å². The van der Waals surface area contributed by atoms with Gasteiger partial charge in [0.15, 0.2) is 5.78 Å². The number of Topliss-reactive ketones (excluding diaryl/α,β-unsaturated/α-hetero) is 1. The summed E-state index contributed by atoms with van der Waals surface area (Å²) < 4.78 is 13.5. The number of carbonyl (C=O) groups excluding carboxylic acids is 2. The van der Waals surface area contributed by atoms with Crippen LogP contribution in [0.4, 0.5) is 4.39 Å². The van der Waals surface area contributed by atoms with Gasteiger partial charge in [-0.1, -0.05) is 23.2 Å². The molecule has 7 heteroatoms. The SMILES string of the molecule is CC(=O)c1ccc(C(=O)N[C@@H](C)c2cc(F)c(Cl)cc2Cl)s1. The number of amides is 1. The minimum Gasteiger partial charge on any atom is -0.345 e. The highest BCUT2D eigenvalue weighted by atomic mass is 35.5. The molecule has 0 saturated heterocycles. The molecule has 0 radical (unpaired) electrons. The Morgan fingerprint density at radius 3 is 2.41 bits per heavy atom. The highest BCUT2D eigenvalue weighted by Gasteiger charge is 2.18. The average molecular weight is 360 g/mol. The van der Waals surface area contributed by atoms with Gasteiger partial charge in [0.05, 0.1) is 20.8 Å². The third-order valence-corrected chi connectivity index (χ3v) is 4.83. The van der Waals surface area contributed by atoms with Crippen molar-refractivity contribution < 1.29 is 14.0 Å². The summed E-state index contributed by atoms with van der Waals surface area (Å²) in [6.45, 7) is 3.12. The van der Waals surface area contributed by atoms with Crippen molar-refractivity contribution in [2.24, 2.45) is 0 Å². The van der Waals surface area contributed by atoms with Gasteiger partial charge in [-0.25, -0.2) is 4.39 Å². The average Bonchev–Trinajstić information content (AvgIpc) is 2.92. The molecule has 1 atom stereocenters. The number of benzene rings is 1. The zero-order chi connectivity index (χ0) is 16.4. The van der Waals surface area contributed by atoms with E-state index in [-0.39, 0.29) is 21.7 Å². The highest BCUT2D eigenvalue weighted by Crippen LogP contribution is 2.29. The highest BCUT2D eigenvalue weighted by molar-refractivity contribution is 7.15. The molecule has 22 heavy (non-hydrogen) atoms. The van der Waals surface area contributed by atoms with Crippen molar-refractivity contribution in [2.45, 2.75) is 19.9 Å². The molecule has 0 saturated carbocycles. The van der Waals surface area contributed by atoms with Crippen LogP contribution in [0.15, 0.2) is 24.3 Å². The van der Waals surface area contributed by atoms with Gasteiger partial charge in [0.25, 0.3) is 5.91 Å². The van der Waals surface area contributed by atoms with Gasteiger partial charge in [-0.15, -0.1) is 11.3 Å². The monoisotopic (exact) mass is 359 g/mol. The number of hydrogen-bond acceptors (Lipinski definition) is 3. The van der Waals surface area contributed by atoms with Gasteiger partial charge in [-0.3, -0.25) is 9.59 Å². The van der Waals surface area contributed by atoms with Gasteiger partial charge >= 0.3 is 0 Å². The molecule has 0 spiro atoms. The van der Waals surface area contributed by atoms with Crippen LogP contribution in [0.25, 0.3) is 0 Å². The van der Waals surface area contributed by atoms with Crippen LogP contribution in [-0.4, -0.2) is 11.7 Å². The zero-order valence-electron chi connectivity index (χ0n) is 11.7. The van der Waals surface area contributed by atoms with Crippen LogP contribution in [0.3, 0.4) is 0 Å². The summed E-state index contributed by atoms with van der Waals surface area (Å²) in [5, 5.41) is 2.92.